The van der Waals surface area contributed by atoms with Crippen LogP contribution < -0.4 is 11.4 Å². The van der Waals surface area contributed by atoms with Crippen LogP contribution in [0.5, 0.6) is 0 Å². The molecule has 15 heavy (non-hydrogen) atoms. The molecule has 0 aliphatic carbocycles. The van der Waals surface area contributed by atoms with Crippen LogP contribution in [0.2, 0.25) is 10.0 Å². The number of hydrogen-bond acceptors (Lipinski definition) is 3. The lowest BCUT2D eigenvalue weighted by atomic mass is 10.2. The van der Waals surface area contributed by atoms with Crippen LogP contribution in [0.15, 0.2) is 16.9 Å². The first-order valence-electron chi connectivity index (χ1n) is 3.97. The quantitative estimate of drug-likeness (QED) is 0.667. The van der Waals surface area contributed by atoms with Gasteiger partial charge in [0.2, 0.25) is 0 Å². The molecular weight excluding hydrogens is 239 g/mol. The van der Waals surface area contributed by atoms with E-state index in [9.17, 15) is 4.79 Å². The lowest BCUT2D eigenvalue weighted by Gasteiger charge is -2.04. The fourth-order valence-corrected chi connectivity index (χ4v) is 1.67. The largest absolute Gasteiger partial charge is 0.397 e. The van der Waals surface area contributed by atoms with Crippen LogP contribution in [0.3, 0.4) is 0 Å². The summed E-state index contributed by atoms with van der Waals surface area (Å²) >= 11 is 11.6. The molecule has 0 saturated heterocycles. The zero-order chi connectivity index (χ0) is 11.0. The van der Waals surface area contributed by atoms with Gasteiger partial charge in [0.05, 0.1) is 10.7 Å². The van der Waals surface area contributed by atoms with Crippen LogP contribution in [0, 0.1) is 0 Å². The molecule has 0 aliphatic rings. The summed E-state index contributed by atoms with van der Waals surface area (Å²) in [5.41, 5.74) is 6.12. The second-order valence-electron chi connectivity index (χ2n) is 2.88. The Balaban J connectivity index is 2.67. The number of anilines is 1. The molecule has 0 aliphatic heterocycles. The molecule has 1 aromatic heterocycles. The molecule has 0 fully saturated rings. The maximum atomic E-state index is 10.9. The molecule has 0 radical (unpaired) electrons. The predicted molar refractivity (Wildman–Crippen MR) is 59.1 cm³/mol. The van der Waals surface area contributed by atoms with E-state index >= 15 is 0 Å². The van der Waals surface area contributed by atoms with Crippen molar-refractivity contribution in [3.05, 3.63) is 32.7 Å². The zero-order valence-corrected chi connectivity index (χ0v) is 8.86. The maximum absolute atomic E-state index is 10.9. The number of nitrogens with zero attached hydrogens (tertiary/aromatic N) is 1. The van der Waals surface area contributed by atoms with Crippen molar-refractivity contribution in [2.45, 2.75) is 0 Å². The molecule has 2 aromatic rings. The number of H-pyrrole nitrogens is 2. The fourth-order valence-electron chi connectivity index (χ4n) is 1.18. The predicted octanol–water partition coefficient (Wildman–Crippen LogP) is 1.65. The summed E-state index contributed by atoms with van der Waals surface area (Å²) in [6.45, 7) is 0. The van der Waals surface area contributed by atoms with E-state index < -0.39 is 5.69 Å². The third kappa shape index (κ3) is 1.84. The van der Waals surface area contributed by atoms with Crippen molar-refractivity contribution in [1.82, 2.24) is 15.2 Å². The second-order valence-corrected chi connectivity index (χ2v) is 3.72. The lowest BCUT2D eigenvalue weighted by Crippen LogP contribution is -2.00. The van der Waals surface area contributed by atoms with Gasteiger partial charge in [-0.05, 0) is 12.1 Å². The van der Waals surface area contributed by atoms with Crippen molar-refractivity contribution in [2.75, 3.05) is 5.73 Å². The van der Waals surface area contributed by atoms with Gasteiger partial charge in [-0.15, -0.1) is 0 Å². The highest BCUT2D eigenvalue weighted by Gasteiger charge is 2.10. The fraction of sp³-hybridized carbons (Fsp3) is 0. The summed E-state index contributed by atoms with van der Waals surface area (Å²) < 4.78 is 0. The molecule has 0 atom stereocenters. The molecule has 1 heterocycles. The SMILES string of the molecule is Nc1c(Cl)cc(Cl)cc1-c1n[nH]c(=O)[nH]1. The molecular formula is C8H6Cl2N4O. The van der Waals surface area contributed by atoms with Gasteiger partial charge < -0.3 is 5.73 Å². The van der Waals surface area contributed by atoms with Gasteiger partial charge in [0.1, 0.15) is 0 Å². The van der Waals surface area contributed by atoms with Crippen molar-refractivity contribution in [3.63, 3.8) is 0 Å². The average Bonchev–Trinajstić information content (AvgIpc) is 2.58. The molecule has 5 nitrogen and oxygen atoms in total. The molecule has 1 aromatic carbocycles. The van der Waals surface area contributed by atoms with Gasteiger partial charge in [-0.25, -0.2) is 9.89 Å². The minimum absolute atomic E-state index is 0.307. The third-order valence-electron chi connectivity index (χ3n) is 1.85. The van der Waals surface area contributed by atoms with Crippen molar-refractivity contribution in [1.29, 1.82) is 0 Å². The molecule has 0 unspecified atom stereocenters. The highest BCUT2D eigenvalue weighted by atomic mass is 35.5. The van der Waals surface area contributed by atoms with Crippen molar-refractivity contribution >= 4 is 28.9 Å². The Bertz CT molecular complexity index is 560. The standard InChI is InChI=1S/C8H6Cl2N4O/c9-3-1-4(6(11)5(10)2-3)7-12-8(15)14-13-7/h1-2H,11H2,(H2,12,13,14,15). The van der Waals surface area contributed by atoms with E-state index in [0.29, 0.717) is 27.1 Å². The summed E-state index contributed by atoms with van der Waals surface area (Å²) in [4.78, 5) is 13.3. The van der Waals surface area contributed by atoms with Crippen LogP contribution >= 0.6 is 23.2 Å². The van der Waals surface area contributed by atoms with Gasteiger partial charge in [0, 0.05) is 10.6 Å². The monoisotopic (exact) mass is 244 g/mol. The number of nitrogens with two attached hydrogens (primary N) is 1. The Morgan fingerprint density at radius 2 is 2.07 bits per heavy atom. The Hall–Kier alpha value is -1.46. The minimum Gasteiger partial charge on any atom is -0.397 e. The van der Waals surface area contributed by atoms with Crippen LogP contribution in [0.4, 0.5) is 5.69 Å². The smallest absolute Gasteiger partial charge is 0.340 e. The second kappa shape index (κ2) is 3.60. The number of rotatable bonds is 1. The highest BCUT2D eigenvalue weighted by molar-refractivity contribution is 6.37. The van der Waals surface area contributed by atoms with E-state index in [1.54, 1.807) is 6.07 Å². The van der Waals surface area contributed by atoms with Gasteiger partial charge in [0.15, 0.2) is 5.82 Å². The Morgan fingerprint density at radius 3 is 2.67 bits per heavy atom. The Morgan fingerprint density at radius 1 is 1.33 bits per heavy atom. The first-order chi connectivity index (χ1) is 7.08. The zero-order valence-electron chi connectivity index (χ0n) is 7.34. The number of nitrogens with one attached hydrogen (secondary N) is 2. The number of aromatic nitrogens is 3. The maximum Gasteiger partial charge on any atom is 0.340 e. The molecule has 0 bridgehead atoms. The first-order valence-corrected chi connectivity index (χ1v) is 4.73. The van der Waals surface area contributed by atoms with E-state index in [4.69, 9.17) is 28.9 Å². The normalized spacial score (nSPS) is 10.5. The number of halogens is 2. The topological polar surface area (TPSA) is 87.6 Å². The van der Waals surface area contributed by atoms with Crippen molar-refractivity contribution < 1.29 is 0 Å². The summed E-state index contributed by atoms with van der Waals surface area (Å²) in [5.74, 6) is 0.307. The minimum atomic E-state index is -0.416. The van der Waals surface area contributed by atoms with Crippen LogP contribution in [-0.4, -0.2) is 15.2 Å². The van der Waals surface area contributed by atoms with Crippen molar-refractivity contribution in [2.24, 2.45) is 0 Å². The van der Waals surface area contributed by atoms with Gasteiger partial charge in [-0.1, -0.05) is 23.2 Å². The first kappa shape index (κ1) is 10.1. The van der Waals surface area contributed by atoms with E-state index in [1.807, 2.05) is 0 Å². The number of hydrogen-bond donors (Lipinski definition) is 3. The third-order valence-corrected chi connectivity index (χ3v) is 2.38. The van der Waals surface area contributed by atoms with E-state index in [-0.39, 0.29) is 0 Å². The van der Waals surface area contributed by atoms with E-state index in [0.717, 1.165) is 0 Å². The van der Waals surface area contributed by atoms with Gasteiger partial charge in [0.25, 0.3) is 0 Å². The van der Waals surface area contributed by atoms with Crippen LogP contribution in [-0.2, 0) is 0 Å². The Labute approximate surface area is 94.2 Å². The molecule has 2 rings (SSSR count). The average molecular weight is 245 g/mol. The summed E-state index contributed by atoms with van der Waals surface area (Å²) in [6, 6.07) is 3.10. The molecule has 0 amide bonds. The number of aromatic amines is 2. The van der Waals surface area contributed by atoms with Gasteiger partial charge >= 0.3 is 5.69 Å². The summed E-state index contributed by atoms with van der Waals surface area (Å²) in [5, 5.41) is 6.71. The molecule has 4 N–H and O–H groups in total. The molecule has 7 heteroatoms. The highest BCUT2D eigenvalue weighted by Crippen LogP contribution is 2.32. The van der Waals surface area contributed by atoms with Crippen molar-refractivity contribution in [3.8, 4) is 11.4 Å². The molecule has 0 spiro atoms. The number of benzene rings is 1. The molecule has 0 saturated carbocycles. The summed E-state index contributed by atoms with van der Waals surface area (Å²) in [6.07, 6.45) is 0. The Kier molecular flexibility index (Phi) is 2.42. The lowest BCUT2D eigenvalue weighted by molar-refractivity contribution is 1.05. The summed E-state index contributed by atoms with van der Waals surface area (Å²) in [7, 11) is 0. The number of nitrogen functional groups attached to an aromatic ring is 1. The van der Waals surface area contributed by atoms with Gasteiger partial charge in [-0.2, -0.15) is 5.10 Å². The van der Waals surface area contributed by atoms with Crippen LogP contribution in [0.1, 0.15) is 0 Å². The van der Waals surface area contributed by atoms with Crippen LogP contribution in [0.25, 0.3) is 11.4 Å². The van der Waals surface area contributed by atoms with E-state index in [1.165, 1.54) is 6.07 Å². The molecule has 78 valence electrons. The van der Waals surface area contributed by atoms with E-state index in [2.05, 4.69) is 15.2 Å². The van der Waals surface area contributed by atoms with Gasteiger partial charge in [-0.3, -0.25) is 4.98 Å².